The number of rotatable bonds is 5. The maximum Gasteiger partial charge on any atom is 0.270 e. The van der Waals surface area contributed by atoms with Gasteiger partial charge in [-0.25, -0.2) is 4.98 Å². The Bertz CT molecular complexity index is 638. The molecule has 0 radical (unpaired) electrons. The number of aromatic nitrogens is 4. The molecule has 0 unspecified atom stereocenters. The van der Waals surface area contributed by atoms with Gasteiger partial charge >= 0.3 is 0 Å². The summed E-state index contributed by atoms with van der Waals surface area (Å²) in [4.78, 5) is 23.6. The first-order valence-electron chi connectivity index (χ1n) is 6.25. The zero-order chi connectivity index (χ0) is 13.8. The molecule has 0 aliphatic rings. The Morgan fingerprint density at radius 3 is 2.89 bits per heavy atom. The molecule has 2 rings (SSSR count). The average Bonchev–Trinajstić information content (AvgIpc) is 2.39. The Morgan fingerprint density at radius 1 is 1.37 bits per heavy atom. The van der Waals surface area contributed by atoms with Crippen LogP contribution in [0.1, 0.15) is 26.2 Å². The van der Waals surface area contributed by atoms with Crippen molar-refractivity contribution in [3.63, 3.8) is 0 Å². The van der Waals surface area contributed by atoms with Crippen LogP contribution in [0, 0.1) is 0 Å². The monoisotopic (exact) mass is 263 g/mol. The number of nitrogens with zero attached hydrogens (tertiary/aromatic N) is 4. The maximum atomic E-state index is 11.5. The van der Waals surface area contributed by atoms with Gasteiger partial charge in [0.15, 0.2) is 11.2 Å². The van der Waals surface area contributed by atoms with Gasteiger partial charge in [0.05, 0.1) is 12.8 Å². The Balaban J connectivity index is 2.38. The average molecular weight is 263 g/mol. The smallest absolute Gasteiger partial charge is 0.270 e. The highest BCUT2D eigenvalue weighted by Gasteiger charge is 2.11. The van der Waals surface area contributed by atoms with E-state index >= 15 is 0 Å². The van der Waals surface area contributed by atoms with Gasteiger partial charge in [0.1, 0.15) is 0 Å². The van der Waals surface area contributed by atoms with Crippen molar-refractivity contribution in [1.82, 2.24) is 19.5 Å². The van der Waals surface area contributed by atoms with Crippen molar-refractivity contribution in [1.29, 1.82) is 0 Å². The molecule has 0 fully saturated rings. The van der Waals surface area contributed by atoms with Gasteiger partial charge in [-0.15, -0.1) is 0 Å². The van der Waals surface area contributed by atoms with E-state index in [1.54, 1.807) is 7.05 Å². The third-order valence-electron chi connectivity index (χ3n) is 2.79. The SMILES string of the molecule is CCCCCOc1nc(N)nc2c1ncc(=O)n2C. The topological polar surface area (TPSA) is 95.9 Å². The highest BCUT2D eigenvalue weighted by Crippen LogP contribution is 2.19. The molecule has 2 aromatic rings. The van der Waals surface area contributed by atoms with Gasteiger partial charge in [-0.05, 0) is 6.42 Å². The van der Waals surface area contributed by atoms with Crippen LogP contribution >= 0.6 is 0 Å². The lowest BCUT2D eigenvalue weighted by Crippen LogP contribution is -2.19. The Morgan fingerprint density at radius 2 is 2.16 bits per heavy atom. The summed E-state index contributed by atoms with van der Waals surface area (Å²) in [7, 11) is 1.61. The van der Waals surface area contributed by atoms with E-state index in [9.17, 15) is 4.79 Å². The number of hydrogen-bond acceptors (Lipinski definition) is 6. The Kier molecular flexibility index (Phi) is 3.94. The molecule has 19 heavy (non-hydrogen) atoms. The van der Waals surface area contributed by atoms with Gasteiger partial charge in [-0.2, -0.15) is 9.97 Å². The van der Waals surface area contributed by atoms with E-state index in [0.717, 1.165) is 19.3 Å². The minimum Gasteiger partial charge on any atom is -0.476 e. The number of nitrogens with two attached hydrogens (primary N) is 1. The lowest BCUT2D eigenvalue weighted by atomic mass is 10.3. The molecule has 7 nitrogen and oxygen atoms in total. The summed E-state index contributed by atoms with van der Waals surface area (Å²) in [6.45, 7) is 2.67. The Labute approximate surface area is 110 Å². The van der Waals surface area contributed by atoms with E-state index < -0.39 is 0 Å². The van der Waals surface area contributed by atoms with Gasteiger partial charge < -0.3 is 10.5 Å². The molecule has 0 atom stereocenters. The van der Waals surface area contributed by atoms with Crippen LogP contribution in [0.15, 0.2) is 11.0 Å². The van der Waals surface area contributed by atoms with Crippen molar-refractivity contribution < 1.29 is 4.74 Å². The maximum absolute atomic E-state index is 11.5. The van der Waals surface area contributed by atoms with Crippen molar-refractivity contribution >= 4 is 17.1 Å². The van der Waals surface area contributed by atoms with Gasteiger partial charge in [-0.1, -0.05) is 19.8 Å². The highest BCUT2D eigenvalue weighted by molar-refractivity contribution is 5.76. The molecule has 102 valence electrons. The predicted molar refractivity (Wildman–Crippen MR) is 72.0 cm³/mol. The molecule has 0 aromatic carbocycles. The van der Waals surface area contributed by atoms with Gasteiger partial charge in [0.25, 0.3) is 5.56 Å². The van der Waals surface area contributed by atoms with Crippen molar-refractivity contribution in [3.05, 3.63) is 16.6 Å². The summed E-state index contributed by atoms with van der Waals surface area (Å²) in [5.41, 5.74) is 6.21. The van der Waals surface area contributed by atoms with Crippen molar-refractivity contribution in [3.8, 4) is 5.88 Å². The minimum absolute atomic E-state index is 0.0704. The minimum atomic E-state index is -0.248. The molecule has 0 amide bonds. The van der Waals surface area contributed by atoms with Crippen LogP contribution in [-0.2, 0) is 7.05 Å². The molecule has 0 aliphatic heterocycles. The molecule has 0 spiro atoms. The zero-order valence-electron chi connectivity index (χ0n) is 11.1. The second-order valence-corrected chi connectivity index (χ2v) is 4.27. The number of nitrogen functional groups attached to an aromatic ring is 1. The van der Waals surface area contributed by atoms with Crippen LogP contribution in [-0.4, -0.2) is 26.1 Å². The predicted octanol–water partition coefficient (Wildman–Crippen LogP) is 0.875. The second kappa shape index (κ2) is 5.64. The van der Waals surface area contributed by atoms with Crippen molar-refractivity contribution in [2.45, 2.75) is 26.2 Å². The van der Waals surface area contributed by atoms with Crippen LogP contribution in [0.4, 0.5) is 5.95 Å². The summed E-state index contributed by atoms with van der Waals surface area (Å²) >= 11 is 0. The molecule has 0 aliphatic carbocycles. The largest absolute Gasteiger partial charge is 0.476 e. The molecule has 0 bridgehead atoms. The fourth-order valence-electron chi connectivity index (χ4n) is 1.72. The Hall–Kier alpha value is -2.18. The number of unbranched alkanes of at least 4 members (excludes halogenated alkanes) is 2. The molecule has 2 heterocycles. The standard InChI is InChI=1S/C12H17N5O2/c1-3-4-5-6-19-11-9-10(15-12(13)16-11)17(2)8(18)7-14-9/h7H,3-6H2,1-2H3,(H2,13,15,16). The first-order valence-corrected chi connectivity index (χ1v) is 6.25. The summed E-state index contributed by atoms with van der Waals surface area (Å²) in [5.74, 6) is 0.398. The van der Waals surface area contributed by atoms with E-state index in [2.05, 4.69) is 21.9 Å². The highest BCUT2D eigenvalue weighted by atomic mass is 16.5. The van der Waals surface area contributed by atoms with Crippen molar-refractivity contribution in [2.75, 3.05) is 12.3 Å². The van der Waals surface area contributed by atoms with Gasteiger partial charge in [0, 0.05) is 7.05 Å². The third kappa shape index (κ3) is 2.81. The van der Waals surface area contributed by atoms with E-state index in [1.165, 1.54) is 10.8 Å². The van der Waals surface area contributed by atoms with E-state index in [-0.39, 0.29) is 11.5 Å². The van der Waals surface area contributed by atoms with Crippen LogP contribution in [0.2, 0.25) is 0 Å². The fraction of sp³-hybridized carbons (Fsp3) is 0.500. The molecule has 2 N–H and O–H groups in total. The van der Waals surface area contributed by atoms with Crippen LogP contribution in [0.3, 0.4) is 0 Å². The quantitative estimate of drug-likeness (QED) is 0.804. The van der Waals surface area contributed by atoms with E-state index in [1.807, 2.05) is 0 Å². The number of hydrogen-bond donors (Lipinski definition) is 1. The van der Waals surface area contributed by atoms with Gasteiger partial charge in [0.2, 0.25) is 11.8 Å². The summed E-state index contributed by atoms with van der Waals surface area (Å²) in [6, 6.07) is 0. The normalized spacial score (nSPS) is 10.8. The number of fused-ring (bicyclic) bond motifs is 1. The lowest BCUT2D eigenvalue weighted by Gasteiger charge is -2.09. The summed E-state index contributed by atoms with van der Waals surface area (Å²) in [6.07, 6.45) is 4.36. The molecule has 0 saturated heterocycles. The zero-order valence-corrected chi connectivity index (χ0v) is 11.1. The summed E-state index contributed by atoms with van der Waals surface area (Å²) < 4.78 is 6.96. The van der Waals surface area contributed by atoms with Crippen LogP contribution in [0.5, 0.6) is 5.88 Å². The summed E-state index contributed by atoms with van der Waals surface area (Å²) in [5, 5.41) is 0. The van der Waals surface area contributed by atoms with E-state index in [4.69, 9.17) is 10.5 Å². The molecule has 7 heteroatoms. The first kappa shape index (κ1) is 13.3. The number of aryl methyl sites for hydroxylation is 1. The van der Waals surface area contributed by atoms with Crippen molar-refractivity contribution in [2.24, 2.45) is 7.05 Å². The molecular weight excluding hydrogens is 246 g/mol. The van der Waals surface area contributed by atoms with E-state index in [0.29, 0.717) is 23.7 Å². The lowest BCUT2D eigenvalue weighted by molar-refractivity contribution is 0.298. The third-order valence-corrected chi connectivity index (χ3v) is 2.79. The van der Waals surface area contributed by atoms with Gasteiger partial charge in [-0.3, -0.25) is 9.36 Å². The molecule has 2 aromatic heterocycles. The number of ether oxygens (including phenoxy) is 1. The van der Waals surface area contributed by atoms with Crippen LogP contribution < -0.4 is 16.0 Å². The fourth-order valence-corrected chi connectivity index (χ4v) is 1.72. The van der Waals surface area contributed by atoms with Crippen LogP contribution in [0.25, 0.3) is 11.2 Å². The number of anilines is 1. The first-order chi connectivity index (χ1) is 9.13. The molecular formula is C12H17N5O2. The molecule has 0 saturated carbocycles. The second-order valence-electron chi connectivity index (χ2n) is 4.27.